The summed E-state index contributed by atoms with van der Waals surface area (Å²) in [5, 5.41) is 0. The molecular formula is C15H22. The summed E-state index contributed by atoms with van der Waals surface area (Å²) < 4.78 is 0. The van der Waals surface area contributed by atoms with Gasteiger partial charge in [-0.1, -0.05) is 55.5 Å². The molecule has 1 atom stereocenters. The molecule has 0 aromatic carbocycles. The lowest BCUT2D eigenvalue weighted by Crippen LogP contribution is -1.83. The predicted octanol–water partition coefficient (Wildman–Crippen LogP) is 4.81. The van der Waals surface area contributed by atoms with Crippen molar-refractivity contribution in [2.24, 2.45) is 5.92 Å². The Kier molecular flexibility index (Phi) is 5.17. The molecule has 15 heavy (non-hydrogen) atoms. The van der Waals surface area contributed by atoms with E-state index in [1.807, 2.05) is 0 Å². The first kappa shape index (κ1) is 12.0. The Morgan fingerprint density at radius 2 is 1.67 bits per heavy atom. The molecule has 1 saturated carbocycles. The van der Waals surface area contributed by atoms with Crippen LogP contribution in [-0.2, 0) is 0 Å². The van der Waals surface area contributed by atoms with E-state index in [2.05, 4.69) is 42.5 Å². The van der Waals surface area contributed by atoms with E-state index in [1.54, 1.807) is 5.57 Å². The zero-order valence-corrected chi connectivity index (χ0v) is 8.65. The maximum atomic E-state index is 2.32. The van der Waals surface area contributed by atoms with Gasteiger partial charge in [-0.3, -0.25) is 0 Å². The molecule has 1 fully saturated rings. The van der Waals surface area contributed by atoms with E-state index in [0.717, 1.165) is 18.8 Å². The van der Waals surface area contributed by atoms with Crippen molar-refractivity contribution in [3.05, 3.63) is 48.1 Å². The quantitative estimate of drug-likeness (QED) is 0.494. The van der Waals surface area contributed by atoms with Crippen molar-refractivity contribution in [2.75, 3.05) is 0 Å². The molecule has 0 aromatic rings. The van der Waals surface area contributed by atoms with Crippen molar-refractivity contribution < 1.29 is 0 Å². The summed E-state index contributed by atoms with van der Waals surface area (Å²) in [5.41, 5.74) is 1.67. The van der Waals surface area contributed by atoms with Crippen molar-refractivity contribution in [3.8, 4) is 0 Å². The highest BCUT2D eigenvalue weighted by atomic mass is 14.2. The van der Waals surface area contributed by atoms with Gasteiger partial charge in [-0.15, -0.1) is 0 Å². The van der Waals surface area contributed by atoms with Gasteiger partial charge in [-0.25, -0.2) is 0 Å². The molecule has 0 aromatic heterocycles. The van der Waals surface area contributed by atoms with Gasteiger partial charge in [0.25, 0.3) is 0 Å². The van der Waals surface area contributed by atoms with Gasteiger partial charge < -0.3 is 0 Å². The third kappa shape index (κ3) is 3.54. The molecule has 3 aliphatic rings. The van der Waals surface area contributed by atoms with Crippen LogP contribution in [0.15, 0.2) is 48.1 Å². The van der Waals surface area contributed by atoms with Gasteiger partial charge in [-0.2, -0.15) is 0 Å². The first-order chi connectivity index (χ1) is 6.97. The fourth-order valence-corrected chi connectivity index (χ4v) is 2.18. The number of hydrogen-bond acceptors (Lipinski definition) is 0. The lowest BCUT2D eigenvalue weighted by Gasteiger charge is -1.96. The molecule has 0 heterocycles. The van der Waals surface area contributed by atoms with Crippen LogP contribution in [0.3, 0.4) is 0 Å². The number of fused-ring (bicyclic) bond motifs is 1. The monoisotopic (exact) mass is 202 g/mol. The molecule has 0 bridgehead atoms. The third-order valence-electron chi connectivity index (χ3n) is 2.99. The van der Waals surface area contributed by atoms with Gasteiger partial charge in [0, 0.05) is 0 Å². The van der Waals surface area contributed by atoms with Gasteiger partial charge >= 0.3 is 0 Å². The summed E-state index contributed by atoms with van der Waals surface area (Å²) in [6.45, 7) is 0. The fraction of sp³-hybridized carbons (Fsp3) is 0.467. The minimum atomic E-state index is 0. The molecule has 3 aliphatic carbocycles. The second kappa shape index (κ2) is 6.44. The predicted molar refractivity (Wildman–Crippen MR) is 68.8 cm³/mol. The molecule has 0 aliphatic heterocycles. The van der Waals surface area contributed by atoms with Gasteiger partial charge in [-0.05, 0) is 38.0 Å². The Morgan fingerprint density at radius 3 is 2.20 bits per heavy atom. The summed E-state index contributed by atoms with van der Waals surface area (Å²) >= 11 is 0. The first-order valence-corrected chi connectivity index (χ1v) is 5.64. The van der Waals surface area contributed by atoms with Crippen LogP contribution >= 0.6 is 0 Å². The summed E-state index contributed by atoms with van der Waals surface area (Å²) in [7, 11) is 0. The molecule has 0 spiro atoms. The second-order valence-corrected chi connectivity index (χ2v) is 4.04. The van der Waals surface area contributed by atoms with Crippen molar-refractivity contribution in [1.82, 2.24) is 0 Å². The molecule has 0 heteroatoms. The van der Waals surface area contributed by atoms with Gasteiger partial charge in [0.2, 0.25) is 0 Å². The van der Waals surface area contributed by atoms with E-state index >= 15 is 0 Å². The summed E-state index contributed by atoms with van der Waals surface area (Å²) in [5.74, 6) is 0.856. The van der Waals surface area contributed by atoms with E-state index in [0.29, 0.717) is 0 Å². The SMILES string of the molecule is C.C1=CC2CCCC2=C1.C1=CCC=CC1. The first-order valence-electron chi connectivity index (χ1n) is 5.64. The van der Waals surface area contributed by atoms with E-state index in [-0.39, 0.29) is 7.43 Å². The average Bonchev–Trinajstić information content (AvgIpc) is 2.82. The molecule has 3 rings (SSSR count). The van der Waals surface area contributed by atoms with E-state index in [1.165, 1.54) is 19.3 Å². The Bertz CT molecular complexity index is 269. The minimum absolute atomic E-state index is 0. The minimum Gasteiger partial charge on any atom is -0.0844 e. The van der Waals surface area contributed by atoms with Crippen LogP contribution in [0.25, 0.3) is 0 Å². The zero-order valence-electron chi connectivity index (χ0n) is 8.65. The summed E-state index contributed by atoms with van der Waals surface area (Å²) in [4.78, 5) is 0. The molecule has 1 unspecified atom stereocenters. The summed E-state index contributed by atoms with van der Waals surface area (Å²) in [6.07, 6.45) is 22.0. The highest BCUT2D eigenvalue weighted by molar-refractivity contribution is 5.29. The number of hydrogen-bond donors (Lipinski definition) is 0. The summed E-state index contributed by atoms with van der Waals surface area (Å²) in [6, 6.07) is 0. The smallest absolute Gasteiger partial charge is 0.00169 e. The molecular weight excluding hydrogens is 180 g/mol. The second-order valence-electron chi connectivity index (χ2n) is 4.04. The largest absolute Gasteiger partial charge is 0.0844 e. The fourth-order valence-electron chi connectivity index (χ4n) is 2.18. The molecule has 82 valence electrons. The molecule has 0 N–H and O–H groups in total. The van der Waals surface area contributed by atoms with Crippen molar-refractivity contribution >= 4 is 0 Å². The van der Waals surface area contributed by atoms with Crippen LogP contribution in [0.5, 0.6) is 0 Å². The highest BCUT2D eigenvalue weighted by Gasteiger charge is 2.19. The van der Waals surface area contributed by atoms with Gasteiger partial charge in [0.15, 0.2) is 0 Å². The lowest BCUT2D eigenvalue weighted by molar-refractivity contribution is 0.772. The van der Waals surface area contributed by atoms with Crippen LogP contribution < -0.4 is 0 Å². The molecule has 0 nitrogen and oxygen atoms in total. The van der Waals surface area contributed by atoms with Gasteiger partial charge in [0.1, 0.15) is 0 Å². The molecule has 0 amide bonds. The highest BCUT2D eigenvalue weighted by Crippen LogP contribution is 2.34. The normalized spacial score (nSPS) is 25.1. The maximum absolute atomic E-state index is 2.32. The van der Waals surface area contributed by atoms with Crippen molar-refractivity contribution in [2.45, 2.75) is 39.5 Å². The van der Waals surface area contributed by atoms with Crippen LogP contribution in [0.1, 0.15) is 39.5 Å². The van der Waals surface area contributed by atoms with Crippen molar-refractivity contribution in [1.29, 1.82) is 0 Å². The lowest BCUT2D eigenvalue weighted by atomic mass is 10.1. The average molecular weight is 202 g/mol. The van der Waals surface area contributed by atoms with E-state index in [4.69, 9.17) is 0 Å². The van der Waals surface area contributed by atoms with Gasteiger partial charge in [0.05, 0.1) is 0 Å². The number of allylic oxidation sites excluding steroid dienone is 8. The van der Waals surface area contributed by atoms with Crippen molar-refractivity contribution in [3.63, 3.8) is 0 Å². The standard InChI is InChI=1S/C8H10.C6H8.CH4/c1-3-7-5-2-6-8(7)4-1;1-2-4-6-5-3-1;/h1,3-4,7H,2,5-6H2;1-2,5-6H,3-4H2;1H4. The topological polar surface area (TPSA) is 0 Å². The van der Waals surface area contributed by atoms with Crippen LogP contribution in [0, 0.1) is 5.92 Å². The Morgan fingerprint density at radius 1 is 1.00 bits per heavy atom. The van der Waals surface area contributed by atoms with Crippen LogP contribution in [0.2, 0.25) is 0 Å². The maximum Gasteiger partial charge on any atom is -0.00169 e. The Labute approximate surface area is 94.1 Å². The third-order valence-corrected chi connectivity index (χ3v) is 2.99. The molecule has 0 radical (unpaired) electrons. The number of rotatable bonds is 0. The van der Waals surface area contributed by atoms with Crippen LogP contribution in [0.4, 0.5) is 0 Å². The Balaban J connectivity index is 0.000000146. The van der Waals surface area contributed by atoms with E-state index in [9.17, 15) is 0 Å². The van der Waals surface area contributed by atoms with Crippen LogP contribution in [-0.4, -0.2) is 0 Å². The van der Waals surface area contributed by atoms with E-state index < -0.39 is 0 Å². The molecule has 0 saturated heterocycles. The zero-order chi connectivity index (χ0) is 9.64. The Hall–Kier alpha value is -1.04.